The van der Waals surface area contributed by atoms with E-state index in [1.807, 2.05) is 0 Å². The molecule has 7 heteroatoms. The molecule has 21 heavy (non-hydrogen) atoms. The lowest BCUT2D eigenvalue weighted by Crippen LogP contribution is -2.06. The summed E-state index contributed by atoms with van der Waals surface area (Å²) in [5.41, 5.74) is 6.71. The van der Waals surface area contributed by atoms with Crippen molar-refractivity contribution in [3.8, 4) is 5.69 Å². The predicted octanol–water partition coefficient (Wildman–Crippen LogP) is 2.52. The van der Waals surface area contributed by atoms with Crippen LogP contribution in [0.25, 0.3) is 16.7 Å². The van der Waals surface area contributed by atoms with E-state index in [9.17, 15) is 18.3 Å². The summed E-state index contributed by atoms with van der Waals surface area (Å²) >= 11 is 0. The maximum atomic E-state index is 14.0. The van der Waals surface area contributed by atoms with Crippen molar-refractivity contribution >= 4 is 16.7 Å². The minimum atomic E-state index is -1.58. The molecule has 108 valence electrons. The number of aromatic nitrogens is 2. The molecular weight excluding hydrogens is 283 g/mol. The van der Waals surface area contributed by atoms with Crippen LogP contribution in [0.3, 0.4) is 0 Å². The zero-order valence-corrected chi connectivity index (χ0v) is 10.6. The maximum absolute atomic E-state index is 14.0. The monoisotopic (exact) mass is 293 g/mol. The van der Waals surface area contributed by atoms with E-state index in [1.54, 1.807) is 18.2 Å². The molecule has 0 aliphatic heterocycles. The number of nitrogens with two attached hydrogens (primary N) is 1. The number of rotatable bonds is 2. The number of nitrogen functional groups attached to an aromatic ring is 1. The third-order valence-electron chi connectivity index (χ3n) is 3.15. The Morgan fingerprint density at radius 3 is 2.57 bits per heavy atom. The third kappa shape index (κ3) is 2.02. The van der Waals surface area contributed by atoms with Gasteiger partial charge in [0.25, 0.3) is 0 Å². The zero-order valence-electron chi connectivity index (χ0n) is 10.6. The number of halogens is 3. The molecule has 3 rings (SSSR count). The first-order valence-electron chi connectivity index (χ1n) is 6.04. The van der Waals surface area contributed by atoms with E-state index in [4.69, 9.17) is 5.73 Å². The Morgan fingerprint density at radius 1 is 1.10 bits per heavy atom. The van der Waals surface area contributed by atoms with Crippen molar-refractivity contribution in [2.45, 2.75) is 6.61 Å². The van der Waals surface area contributed by atoms with Crippen molar-refractivity contribution in [2.75, 3.05) is 5.73 Å². The van der Waals surface area contributed by atoms with Gasteiger partial charge in [0.1, 0.15) is 12.4 Å². The van der Waals surface area contributed by atoms with Gasteiger partial charge in [-0.3, -0.25) is 4.57 Å². The van der Waals surface area contributed by atoms with Crippen molar-refractivity contribution in [1.29, 1.82) is 0 Å². The number of nitrogens with zero attached hydrogens (tertiary/aromatic N) is 2. The van der Waals surface area contributed by atoms with Gasteiger partial charge in [0.15, 0.2) is 17.5 Å². The highest BCUT2D eigenvalue weighted by Crippen LogP contribution is 2.26. The number of fused-ring (bicyclic) bond motifs is 1. The van der Waals surface area contributed by atoms with Gasteiger partial charge in [-0.25, -0.2) is 18.2 Å². The molecule has 0 saturated heterocycles. The summed E-state index contributed by atoms with van der Waals surface area (Å²) in [5, 5.41) is 9.36. The van der Waals surface area contributed by atoms with E-state index in [-0.39, 0.29) is 11.5 Å². The molecule has 0 radical (unpaired) electrons. The van der Waals surface area contributed by atoms with Gasteiger partial charge in [-0.1, -0.05) is 0 Å². The Hall–Kier alpha value is -2.54. The summed E-state index contributed by atoms with van der Waals surface area (Å²) in [7, 11) is 0. The van der Waals surface area contributed by atoms with Crippen LogP contribution >= 0.6 is 0 Å². The van der Waals surface area contributed by atoms with Gasteiger partial charge in [-0.05, 0) is 30.3 Å². The molecule has 0 atom stereocenters. The highest BCUT2D eigenvalue weighted by molar-refractivity contribution is 5.81. The molecule has 0 spiro atoms. The van der Waals surface area contributed by atoms with Gasteiger partial charge < -0.3 is 10.8 Å². The largest absolute Gasteiger partial charge is 0.399 e. The molecule has 0 bridgehead atoms. The molecule has 4 nitrogen and oxygen atoms in total. The summed E-state index contributed by atoms with van der Waals surface area (Å²) in [6, 6.07) is 6.59. The molecule has 3 aromatic rings. The smallest absolute Gasteiger partial charge is 0.196 e. The van der Waals surface area contributed by atoms with Crippen molar-refractivity contribution in [3.05, 3.63) is 53.6 Å². The molecule has 3 N–H and O–H groups in total. The SMILES string of the molecule is Nc1ccc2c(c1)nc(CO)n2-c1ccc(F)c(F)c1F. The lowest BCUT2D eigenvalue weighted by molar-refractivity contribution is 0.269. The molecule has 0 amide bonds. The molecule has 2 aromatic carbocycles. The van der Waals surface area contributed by atoms with E-state index in [1.165, 1.54) is 4.57 Å². The Kier molecular flexibility index (Phi) is 3.06. The molecule has 1 aromatic heterocycles. The standard InChI is InChI=1S/C14H10F3N3O/c15-8-2-4-11(14(17)13(8)16)20-10-3-1-7(18)5-9(10)19-12(20)6-21/h1-5,21H,6,18H2. The number of anilines is 1. The van der Waals surface area contributed by atoms with E-state index in [2.05, 4.69) is 4.98 Å². The van der Waals surface area contributed by atoms with Crippen molar-refractivity contribution in [1.82, 2.24) is 9.55 Å². The normalized spacial score (nSPS) is 11.2. The molecule has 1 heterocycles. The van der Waals surface area contributed by atoms with Crippen LogP contribution in [0.15, 0.2) is 30.3 Å². The van der Waals surface area contributed by atoms with E-state index >= 15 is 0 Å². The number of aliphatic hydroxyl groups is 1. The average molecular weight is 293 g/mol. The van der Waals surface area contributed by atoms with Gasteiger partial charge in [0.2, 0.25) is 0 Å². The topological polar surface area (TPSA) is 64.1 Å². The van der Waals surface area contributed by atoms with Gasteiger partial charge in [-0.15, -0.1) is 0 Å². The predicted molar refractivity (Wildman–Crippen MR) is 71.3 cm³/mol. The molecule has 0 saturated carbocycles. The molecule has 0 aliphatic rings. The minimum Gasteiger partial charge on any atom is -0.399 e. The molecule has 0 fully saturated rings. The summed E-state index contributed by atoms with van der Waals surface area (Å²) in [4.78, 5) is 4.11. The highest BCUT2D eigenvalue weighted by Gasteiger charge is 2.19. The fraction of sp³-hybridized carbons (Fsp3) is 0.0714. The van der Waals surface area contributed by atoms with Crippen molar-refractivity contribution in [2.24, 2.45) is 0 Å². The number of imidazole rings is 1. The summed E-state index contributed by atoms with van der Waals surface area (Å²) in [5.74, 6) is -4.11. The van der Waals surface area contributed by atoms with Crippen molar-refractivity contribution in [3.63, 3.8) is 0 Å². The zero-order chi connectivity index (χ0) is 15.1. The molecular formula is C14H10F3N3O. The summed E-state index contributed by atoms with van der Waals surface area (Å²) < 4.78 is 41.7. The van der Waals surface area contributed by atoms with Gasteiger partial charge >= 0.3 is 0 Å². The second kappa shape index (κ2) is 4.78. The van der Waals surface area contributed by atoms with Crippen LogP contribution in [-0.4, -0.2) is 14.7 Å². The Balaban J connectivity index is 2.36. The Bertz CT molecular complexity index is 845. The lowest BCUT2D eigenvalue weighted by Gasteiger charge is -2.10. The maximum Gasteiger partial charge on any atom is 0.196 e. The van der Waals surface area contributed by atoms with E-state index in [0.29, 0.717) is 16.7 Å². The van der Waals surface area contributed by atoms with Gasteiger partial charge in [0, 0.05) is 5.69 Å². The first-order valence-corrected chi connectivity index (χ1v) is 6.04. The van der Waals surface area contributed by atoms with Crippen LogP contribution in [0.1, 0.15) is 5.82 Å². The Labute approximate surface area is 117 Å². The second-order valence-corrected chi connectivity index (χ2v) is 4.46. The van der Waals surface area contributed by atoms with E-state index < -0.39 is 24.1 Å². The van der Waals surface area contributed by atoms with Gasteiger partial charge in [-0.2, -0.15) is 0 Å². The number of aliphatic hydroxyl groups excluding tert-OH is 1. The summed E-state index contributed by atoms with van der Waals surface area (Å²) in [6.07, 6.45) is 0. The third-order valence-corrected chi connectivity index (χ3v) is 3.15. The lowest BCUT2D eigenvalue weighted by atomic mass is 10.2. The Morgan fingerprint density at radius 2 is 1.86 bits per heavy atom. The van der Waals surface area contributed by atoms with Crippen LogP contribution in [0.2, 0.25) is 0 Å². The van der Waals surface area contributed by atoms with Crippen LogP contribution in [0, 0.1) is 17.5 Å². The average Bonchev–Trinajstić information content (AvgIpc) is 2.82. The van der Waals surface area contributed by atoms with Crippen LogP contribution in [0.5, 0.6) is 0 Å². The fourth-order valence-corrected chi connectivity index (χ4v) is 2.21. The van der Waals surface area contributed by atoms with Crippen LogP contribution < -0.4 is 5.73 Å². The highest BCUT2D eigenvalue weighted by atomic mass is 19.2. The molecule has 0 unspecified atom stereocenters. The summed E-state index contributed by atoms with van der Waals surface area (Å²) in [6.45, 7) is -0.493. The quantitative estimate of drug-likeness (QED) is 0.563. The first kappa shape index (κ1) is 13.4. The van der Waals surface area contributed by atoms with E-state index in [0.717, 1.165) is 12.1 Å². The van der Waals surface area contributed by atoms with Crippen LogP contribution in [0.4, 0.5) is 18.9 Å². The van der Waals surface area contributed by atoms with Crippen molar-refractivity contribution < 1.29 is 18.3 Å². The van der Waals surface area contributed by atoms with Gasteiger partial charge in [0.05, 0.1) is 16.7 Å². The first-order chi connectivity index (χ1) is 10.0. The fourth-order valence-electron chi connectivity index (χ4n) is 2.21. The number of hydrogen-bond acceptors (Lipinski definition) is 3. The van der Waals surface area contributed by atoms with Crippen LogP contribution in [-0.2, 0) is 6.61 Å². The minimum absolute atomic E-state index is 0.0977. The molecule has 0 aliphatic carbocycles. The number of hydrogen-bond donors (Lipinski definition) is 2. The second-order valence-electron chi connectivity index (χ2n) is 4.46. The number of benzene rings is 2.